The van der Waals surface area contributed by atoms with Gasteiger partial charge in [0.1, 0.15) is 0 Å². The van der Waals surface area contributed by atoms with Crippen molar-refractivity contribution in [3.8, 4) is 0 Å². The van der Waals surface area contributed by atoms with Crippen LogP contribution in [0, 0.1) is 0 Å². The molecule has 0 amide bonds. The van der Waals surface area contributed by atoms with Crippen molar-refractivity contribution in [2.24, 2.45) is 0 Å². The van der Waals surface area contributed by atoms with Crippen molar-refractivity contribution in [3.05, 3.63) is 41.7 Å². The highest BCUT2D eigenvalue weighted by atomic mass is 15.3. The Balaban J connectivity index is 1.61. The van der Waals surface area contributed by atoms with Gasteiger partial charge in [-0.05, 0) is 12.5 Å². The van der Waals surface area contributed by atoms with E-state index in [1.165, 1.54) is 5.56 Å². The SMILES string of the molecule is CC(c1nc(N)nc(N(C)C)n1)N1CCN(Cc2ccccc2)CC1. The van der Waals surface area contributed by atoms with Gasteiger partial charge in [0.15, 0.2) is 5.82 Å². The number of nitrogen functional groups attached to an aromatic ring is 1. The highest BCUT2D eigenvalue weighted by molar-refractivity contribution is 5.33. The summed E-state index contributed by atoms with van der Waals surface area (Å²) in [5, 5.41) is 0. The van der Waals surface area contributed by atoms with E-state index < -0.39 is 0 Å². The summed E-state index contributed by atoms with van der Waals surface area (Å²) < 4.78 is 0. The molecular formula is C18H27N7. The highest BCUT2D eigenvalue weighted by Crippen LogP contribution is 2.21. The zero-order valence-corrected chi connectivity index (χ0v) is 15.3. The third-order valence-corrected chi connectivity index (χ3v) is 4.64. The summed E-state index contributed by atoms with van der Waals surface area (Å²) in [5.41, 5.74) is 7.22. The predicted molar refractivity (Wildman–Crippen MR) is 100 cm³/mol. The maximum Gasteiger partial charge on any atom is 0.229 e. The second-order valence-corrected chi connectivity index (χ2v) is 6.72. The summed E-state index contributed by atoms with van der Waals surface area (Å²) in [6.07, 6.45) is 0. The summed E-state index contributed by atoms with van der Waals surface area (Å²) in [6.45, 7) is 7.22. The Morgan fingerprint density at radius 1 is 1.04 bits per heavy atom. The Morgan fingerprint density at radius 2 is 1.72 bits per heavy atom. The lowest BCUT2D eigenvalue weighted by atomic mass is 10.1. The fraction of sp³-hybridized carbons (Fsp3) is 0.500. The molecule has 1 aliphatic rings. The summed E-state index contributed by atoms with van der Waals surface area (Å²) in [6, 6.07) is 10.8. The fourth-order valence-electron chi connectivity index (χ4n) is 3.10. The number of hydrogen-bond acceptors (Lipinski definition) is 7. The predicted octanol–water partition coefficient (Wildman–Crippen LogP) is 1.40. The molecule has 7 heteroatoms. The molecule has 134 valence electrons. The van der Waals surface area contributed by atoms with Crippen LogP contribution in [0.5, 0.6) is 0 Å². The minimum Gasteiger partial charge on any atom is -0.368 e. The molecule has 1 fully saturated rings. The third kappa shape index (κ3) is 4.43. The standard InChI is InChI=1S/C18H27N7/c1-14(16-20-17(19)22-18(21-16)23(2)3)25-11-9-24(10-12-25)13-15-7-5-4-6-8-15/h4-8,14H,9-13H2,1-3H3,(H2,19,20,21,22). The number of rotatable bonds is 5. The second kappa shape index (κ2) is 7.76. The highest BCUT2D eigenvalue weighted by Gasteiger charge is 2.24. The monoisotopic (exact) mass is 341 g/mol. The Bertz CT molecular complexity index is 681. The molecule has 1 atom stereocenters. The first-order chi connectivity index (χ1) is 12.0. The minimum atomic E-state index is 0.128. The second-order valence-electron chi connectivity index (χ2n) is 6.72. The molecule has 1 aromatic carbocycles. The minimum absolute atomic E-state index is 0.128. The van der Waals surface area contributed by atoms with Crippen molar-refractivity contribution in [1.29, 1.82) is 0 Å². The average molecular weight is 341 g/mol. The molecule has 1 unspecified atom stereocenters. The van der Waals surface area contributed by atoms with E-state index in [4.69, 9.17) is 5.73 Å². The first-order valence-electron chi connectivity index (χ1n) is 8.72. The zero-order valence-electron chi connectivity index (χ0n) is 15.3. The number of nitrogens with zero attached hydrogens (tertiary/aromatic N) is 6. The number of anilines is 2. The lowest BCUT2D eigenvalue weighted by molar-refractivity contribution is 0.0948. The summed E-state index contributed by atoms with van der Waals surface area (Å²) in [5.74, 6) is 1.63. The van der Waals surface area contributed by atoms with Crippen LogP contribution in [-0.4, -0.2) is 65.0 Å². The van der Waals surface area contributed by atoms with E-state index in [2.05, 4.69) is 62.0 Å². The van der Waals surface area contributed by atoms with Gasteiger partial charge in [-0.2, -0.15) is 15.0 Å². The van der Waals surface area contributed by atoms with Gasteiger partial charge in [0.25, 0.3) is 0 Å². The van der Waals surface area contributed by atoms with Crippen LogP contribution in [0.4, 0.5) is 11.9 Å². The van der Waals surface area contributed by atoms with E-state index in [9.17, 15) is 0 Å². The average Bonchev–Trinajstić information content (AvgIpc) is 2.62. The van der Waals surface area contributed by atoms with E-state index in [1.807, 2.05) is 19.0 Å². The molecule has 7 nitrogen and oxygen atoms in total. The fourth-order valence-corrected chi connectivity index (χ4v) is 3.10. The van der Waals surface area contributed by atoms with Gasteiger partial charge in [-0.15, -0.1) is 0 Å². The van der Waals surface area contributed by atoms with Gasteiger partial charge in [-0.25, -0.2) is 0 Å². The number of piperazine rings is 1. The van der Waals surface area contributed by atoms with Crippen LogP contribution >= 0.6 is 0 Å². The molecule has 25 heavy (non-hydrogen) atoms. The van der Waals surface area contributed by atoms with Crippen molar-refractivity contribution < 1.29 is 0 Å². The normalized spacial score (nSPS) is 17.4. The molecule has 0 aliphatic carbocycles. The third-order valence-electron chi connectivity index (χ3n) is 4.64. The van der Waals surface area contributed by atoms with E-state index in [-0.39, 0.29) is 12.0 Å². The first kappa shape index (κ1) is 17.6. The number of hydrogen-bond donors (Lipinski definition) is 1. The maximum absolute atomic E-state index is 5.86. The van der Waals surface area contributed by atoms with Crippen LogP contribution in [0.1, 0.15) is 24.4 Å². The van der Waals surface area contributed by atoms with Crippen molar-refractivity contribution in [2.45, 2.75) is 19.5 Å². The molecule has 3 rings (SSSR count). The van der Waals surface area contributed by atoms with E-state index in [0.717, 1.165) is 38.5 Å². The molecule has 0 saturated carbocycles. The van der Waals surface area contributed by atoms with E-state index in [1.54, 1.807) is 0 Å². The Kier molecular flexibility index (Phi) is 5.45. The lowest BCUT2D eigenvalue weighted by Gasteiger charge is -2.37. The molecule has 2 N–H and O–H groups in total. The number of aromatic nitrogens is 3. The van der Waals surface area contributed by atoms with Crippen LogP contribution < -0.4 is 10.6 Å². The topological polar surface area (TPSA) is 74.4 Å². The van der Waals surface area contributed by atoms with Crippen LogP contribution in [0.25, 0.3) is 0 Å². The Morgan fingerprint density at radius 3 is 2.36 bits per heavy atom. The molecule has 2 heterocycles. The molecule has 1 saturated heterocycles. The summed E-state index contributed by atoms with van der Waals surface area (Å²) in [7, 11) is 3.82. The molecule has 0 spiro atoms. The smallest absolute Gasteiger partial charge is 0.229 e. The van der Waals surface area contributed by atoms with E-state index >= 15 is 0 Å². The van der Waals surface area contributed by atoms with Gasteiger partial charge in [0.05, 0.1) is 6.04 Å². The van der Waals surface area contributed by atoms with Crippen molar-refractivity contribution in [2.75, 3.05) is 50.9 Å². The zero-order chi connectivity index (χ0) is 17.8. The lowest BCUT2D eigenvalue weighted by Crippen LogP contribution is -2.47. The molecule has 1 aliphatic heterocycles. The summed E-state index contributed by atoms with van der Waals surface area (Å²) >= 11 is 0. The van der Waals surface area contributed by atoms with Gasteiger partial charge in [0.2, 0.25) is 11.9 Å². The van der Waals surface area contributed by atoms with Crippen molar-refractivity contribution >= 4 is 11.9 Å². The van der Waals surface area contributed by atoms with Gasteiger partial charge >= 0.3 is 0 Å². The largest absolute Gasteiger partial charge is 0.368 e. The van der Waals surface area contributed by atoms with Crippen LogP contribution in [-0.2, 0) is 6.54 Å². The molecule has 0 radical (unpaired) electrons. The van der Waals surface area contributed by atoms with Gasteiger partial charge in [-0.1, -0.05) is 30.3 Å². The van der Waals surface area contributed by atoms with Crippen LogP contribution in [0.2, 0.25) is 0 Å². The molecule has 2 aromatic rings. The first-order valence-corrected chi connectivity index (χ1v) is 8.72. The molecule has 1 aromatic heterocycles. The molecular weight excluding hydrogens is 314 g/mol. The molecule has 0 bridgehead atoms. The number of benzene rings is 1. The maximum atomic E-state index is 5.86. The quantitative estimate of drug-likeness (QED) is 0.881. The van der Waals surface area contributed by atoms with Gasteiger partial charge < -0.3 is 10.6 Å². The van der Waals surface area contributed by atoms with Crippen LogP contribution in [0.15, 0.2) is 30.3 Å². The van der Waals surface area contributed by atoms with Crippen molar-refractivity contribution in [3.63, 3.8) is 0 Å². The van der Waals surface area contributed by atoms with Crippen molar-refractivity contribution in [1.82, 2.24) is 24.8 Å². The van der Waals surface area contributed by atoms with Gasteiger partial charge in [-0.3, -0.25) is 9.80 Å². The van der Waals surface area contributed by atoms with Gasteiger partial charge in [0, 0.05) is 46.8 Å². The van der Waals surface area contributed by atoms with E-state index in [0.29, 0.717) is 5.95 Å². The summed E-state index contributed by atoms with van der Waals surface area (Å²) in [4.78, 5) is 19.8. The Labute approximate surface area is 149 Å². The van der Waals surface area contributed by atoms with Crippen LogP contribution in [0.3, 0.4) is 0 Å². The Hall–Kier alpha value is -2.25. The number of nitrogens with two attached hydrogens (primary N) is 1.